The van der Waals surface area contributed by atoms with E-state index in [1.54, 1.807) is 0 Å². The molecule has 2 saturated heterocycles. The topological polar surface area (TPSA) is 51.7 Å². The quantitative estimate of drug-likeness (QED) is 0.572. The van der Waals surface area contributed by atoms with Crippen molar-refractivity contribution in [3.63, 3.8) is 0 Å². The van der Waals surface area contributed by atoms with Gasteiger partial charge < -0.3 is 14.4 Å². The summed E-state index contributed by atoms with van der Waals surface area (Å²) in [5, 5.41) is 2.35. The standard InChI is InChI=1S/C23H21ClN2O3S/c24-16-5-7-17(8-6-16)30-21-15-19(18-3-1-2-4-20(18)25-21)22(27)26-11-9-23(10-12-26)28-13-14-29-23/h1-8,15H,9-14H2. The maximum Gasteiger partial charge on any atom is 0.254 e. The average Bonchev–Trinajstić information content (AvgIpc) is 3.23. The van der Waals surface area contributed by atoms with E-state index in [4.69, 9.17) is 26.1 Å². The molecule has 0 aliphatic carbocycles. The number of aromatic nitrogens is 1. The number of carbonyl (C=O) groups is 1. The molecular weight excluding hydrogens is 420 g/mol. The maximum absolute atomic E-state index is 13.5. The van der Waals surface area contributed by atoms with E-state index in [1.165, 1.54) is 11.8 Å². The Kier molecular flexibility index (Phi) is 5.41. The molecule has 0 atom stereocenters. The van der Waals surface area contributed by atoms with Gasteiger partial charge in [0.1, 0.15) is 5.03 Å². The second-order valence-electron chi connectivity index (χ2n) is 7.48. The number of pyridine rings is 1. The average molecular weight is 441 g/mol. The summed E-state index contributed by atoms with van der Waals surface area (Å²) in [5.74, 6) is -0.466. The smallest absolute Gasteiger partial charge is 0.254 e. The Labute approximate surface area is 184 Å². The van der Waals surface area contributed by atoms with Gasteiger partial charge in [-0.1, -0.05) is 41.6 Å². The number of para-hydroxylation sites is 1. The number of hydrogen-bond acceptors (Lipinski definition) is 5. The lowest BCUT2D eigenvalue weighted by Gasteiger charge is -2.37. The molecule has 0 bridgehead atoms. The van der Waals surface area contributed by atoms with Gasteiger partial charge in [0.25, 0.3) is 5.91 Å². The largest absolute Gasteiger partial charge is 0.347 e. The number of nitrogens with zero attached hydrogens (tertiary/aromatic N) is 2. The molecule has 2 aromatic carbocycles. The van der Waals surface area contributed by atoms with Gasteiger partial charge in [-0.15, -0.1) is 0 Å². The predicted molar refractivity (Wildman–Crippen MR) is 117 cm³/mol. The van der Waals surface area contributed by atoms with Gasteiger partial charge in [0.05, 0.1) is 24.3 Å². The molecule has 0 unspecified atom stereocenters. The molecule has 5 rings (SSSR count). The van der Waals surface area contributed by atoms with E-state index in [9.17, 15) is 4.79 Å². The molecule has 154 valence electrons. The summed E-state index contributed by atoms with van der Waals surface area (Å²) < 4.78 is 11.6. The van der Waals surface area contributed by atoms with Crippen molar-refractivity contribution in [1.29, 1.82) is 0 Å². The van der Waals surface area contributed by atoms with Crippen molar-refractivity contribution in [1.82, 2.24) is 9.88 Å². The molecule has 0 radical (unpaired) electrons. The SMILES string of the molecule is O=C(c1cc(Sc2ccc(Cl)cc2)nc2ccccc12)N1CCC2(CC1)OCCO2. The van der Waals surface area contributed by atoms with Crippen LogP contribution in [0.5, 0.6) is 0 Å². The Balaban J connectivity index is 1.43. The zero-order valence-electron chi connectivity index (χ0n) is 16.3. The van der Waals surface area contributed by atoms with Crippen LogP contribution in [0.1, 0.15) is 23.2 Å². The number of piperidine rings is 1. The van der Waals surface area contributed by atoms with Gasteiger partial charge >= 0.3 is 0 Å². The number of halogens is 1. The Morgan fingerprint density at radius 2 is 1.73 bits per heavy atom. The van der Waals surface area contributed by atoms with Gasteiger partial charge in [0.2, 0.25) is 0 Å². The molecule has 2 aliphatic rings. The molecule has 30 heavy (non-hydrogen) atoms. The zero-order chi connectivity index (χ0) is 20.6. The molecule has 5 nitrogen and oxygen atoms in total. The molecule has 7 heteroatoms. The van der Waals surface area contributed by atoms with Crippen molar-refractivity contribution in [2.24, 2.45) is 0 Å². The fourth-order valence-electron chi connectivity index (χ4n) is 4.01. The van der Waals surface area contributed by atoms with E-state index in [2.05, 4.69) is 0 Å². The van der Waals surface area contributed by atoms with Crippen LogP contribution < -0.4 is 0 Å². The molecule has 0 saturated carbocycles. The van der Waals surface area contributed by atoms with Crippen LogP contribution in [0.2, 0.25) is 5.02 Å². The number of amides is 1. The van der Waals surface area contributed by atoms with Crippen LogP contribution in [0, 0.1) is 0 Å². The molecule has 3 heterocycles. The second-order valence-corrected chi connectivity index (χ2v) is 9.01. The lowest BCUT2D eigenvalue weighted by atomic mass is 10.0. The normalized spacial score (nSPS) is 18.2. The van der Waals surface area contributed by atoms with E-state index >= 15 is 0 Å². The van der Waals surface area contributed by atoms with E-state index in [-0.39, 0.29) is 5.91 Å². The molecule has 2 fully saturated rings. The van der Waals surface area contributed by atoms with Crippen LogP contribution in [0.4, 0.5) is 0 Å². The highest BCUT2D eigenvalue weighted by Gasteiger charge is 2.41. The van der Waals surface area contributed by atoms with Gasteiger partial charge in [-0.05, 0) is 36.4 Å². The fraction of sp³-hybridized carbons (Fsp3) is 0.304. The molecule has 0 N–H and O–H groups in total. The minimum absolute atomic E-state index is 0.0272. The highest BCUT2D eigenvalue weighted by atomic mass is 35.5. The highest BCUT2D eigenvalue weighted by molar-refractivity contribution is 7.99. The first-order chi connectivity index (χ1) is 14.6. The Morgan fingerprint density at radius 3 is 2.47 bits per heavy atom. The van der Waals surface area contributed by atoms with Crippen LogP contribution in [-0.4, -0.2) is 47.9 Å². The Morgan fingerprint density at radius 1 is 1.03 bits per heavy atom. The van der Waals surface area contributed by atoms with Crippen molar-refractivity contribution in [2.75, 3.05) is 26.3 Å². The number of ether oxygens (including phenoxy) is 2. The lowest BCUT2D eigenvalue weighted by Crippen LogP contribution is -2.47. The number of likely N-dealkylation sites (tertiary alicyclic amines) is 1. The van der Waals surface area contributed by atoms with Crippen LogP contribution in [-0.2, 0) is 9.47 Å². The van der Waals surface area contributed by atoms with Gasteiger partial charge in [-0.25, -0.2) is 4.98 Å². The summed E-state index contributed by atoms with van der Waals surface area (Å²) >= 11 is 7.52. The van der Waals surface area contributed by atoms with Gasteiger partial charge in [0.15, 0.2) is 5.79 Å². The van der Waals surface area contributed by atoms with Crippen LogP contribution in [0.3, 0.4) is 0 Å². The van der Waals surface area contributed by atoms with Crippen LogP contribution in [0.15, 0.2) is 64.5 Å². The van der Waals surface area contributed by atoms with Gasteiger partial charge in [-0.2, -0.15) is 0 Å². The third-order valence-corrected chi connectivity index (χ3v) is 6.76. The highest BCUT2D eigenvalue weighted by Crippen LogP contribution is 2.34. The van der Waals surface area contributed by atoms with E-state index in [0.717, 1.165) is 20.8 Å². The van der Waals surface area contributed by atoms with Crippen LogP contribution >= 0.6 is 23.4 Å². The minimum atomic E-state index is -0.493. The summed E-state index contributed by atoms with van der Waals surface area (Å²) in [5.41, 5.74) is 1.50. The monoisotopic (exact) mass is 440 g/mol. The first-order valence-corrected chi connectivity index (χ1v) is 11.2. The number of rotatable bonds is 3. The summed E-state index contributed by atoms with van der Waals surface area (Å²) in [6.45, 7) is 2.51. The molecule has 1 spiro atoms. The maximum atomic E-state index is 13.5. The number of benzene rings is 2. The first-order valence-electron chi connectivity index (χ1n) is 10.0. The third kappa shape index (κ3) is 3.93. The van der Waals surface area contributed by atoms with Gasteiger partial charge in [-0.3, -0.25) is 4.79 Å². The minimum Gasteiger partial charge on any atom is -0.347 e. The fourth-order valence-corrected chi connectivity index (χ4v) is 4.97. The Hall–Kier alpha value is -2.12. The first kappa shape index (κ1) is 19.8. The molecule has 2 aliphatic heterocycles. The summed E-state index contributed by atoms with van der Waals surface area (Å²) in [6, 6.07) is 17.3. The molecule has 3 aromatic rings. The predicted octanol–water partition coefficient (Wildman–Crippen LogP) is 5.02. The van der Waals surface area contributed by atoms with E-state index in [1.807, 2.05) is 59.5 Å². The molecule has 1 aromatic heterocycles. The number of carbonyl (C=O) groups excluding carboxylic acids is 1. The van der Waals surface area contributed by atoms with E-state index < -0.39 is 5.79 Å². The van der Waals surface area contributed by atoms with Crippen molar-refractivity contribution in [3.8, 4) is 0 Å². The van der Waals surface area contributed by atoms with Crippen LogP contribution in [0.25, 0.3) is 10.9 Å². The lowest BCUT2D eigenvalue weighted by molar-refractivity contribution is -0.181. The Bertz CT molecular complexity index is 1070. The summed E-state index contributed by atoms with van der Waals surface area (Å²) in [6.07, 6.45) is 1.41. The van der Waals surface area contributed by atoms with Crippen molar-refractivity contribution < 1.29 is 14.3 Å². The van der Waals surface area contributed by atoms with Crippen molar-refractivity contribution >= 4 is 40.2 Å². The summed E-state index contributed by atoms with van der Waals surface area (Å²) in [7, 11) is 0. The summed E-state index contributed by atoms with van der Waals surface area (Å²) in [4.78, 5) is 21.1. The van der Waals surface area contributed by atoms with Crippen molar-refractivity contribution in [2.45, 2.75) is 28.6 Å². The van der Waals surface area contributed by atoms with E-state index in [0.29, 0.717) is 49.7 Å². The molecular formula is C23H21ClN2O3S. The third-order valence-electron chi connectivity index (χ3n) is 5.59. The van der Waals surface area contributed by atoms with Crippen molar-refractivity contribution in [3.05, 3.63) is 65.2 Å². The second kappa shape index (κ2) is 8.19. The zero-order valence-corrected chi connectivity index (χ0v) is 17.9. The number of hydrogen-bond donors (Lipinski definition) is 0. The molecule has 1 amide bonds. The number of fused-ring (bicyclic) bond motifs is 1. The van der Waals surface area contributed by atoms with Gasteiger partial charge in [0, 0.05) is 41.2 Å².